The number of carbonyl (C=O) groups is 4. The standard InChI is InChI=1S/C43H55N5O9/c1-42(2,3)56-30-21-32(47(24-30)40(51)34-9-7-19-53-34)37(49)45-28-15-11-26(12-16-28)36-23-44-39(55-36)27-13-17-29(18-14-27)46-38(50)33-22-31(57-43(4,5)6)25-48(33)41(52)35-10-8-20-54-35/h11-18,23,30-35H,7-10,19-22,24-25H2,1-6H3,(H,45,49)(H,46,50)/t30?,31?,32?,33?,34-,35-/m1/s1. The second-order valence-corrected chi connectivity index (χ2v) is 17.4. The van der Waals surface area contributed by atoms with Gasteiger partial charge in [-0.25, -0.2) is 4.98 Å². The Labute approximate surface area is 333 Å². The molecule has 306 valence electrons. The summed E-state index contributed by atoms with van der Waals surface area (Å²) in [6.07, 6.45) is 3.81. The molecule has 4 unspecified atom stereocenters. The number of ether oxygens (including phenoxy) is 4. The van der Waals surface area contributed by atoms with Gasteiger partial charge in [0.2, 0.25) is 17.7 Å². The van der Waals surface area contributed by atoms with Crippen LogP contribution in [0.4, 0.5) is 11.4 Å². The van der Waals surface area contributed by atoms with Crippen molar-refractivity contribution in [2.75, 3.05) is 36.9 Å². The van der Waals surface area contributed by atoms with Gasteiger partial charge in [0.05, 0.1) is 29.6 Å². The number of nitrogens with zero attached hydrogens (tertiary/aromatic N) is 3. The average molecular weight is 786 g/mol. The summed E-state index contributed by atoms with van der Waals surface area (Å²) in [4.78, 5) is 61.6. The van der Waals surface area contributed by atoms with Crippen molar-refractivity contribution in [1.82, 2.24) is 14.8 Å². The largest absolute Gasteiger partial charge is 0.436 e. The first kappa shape index (κ1) is 40.6. The molecule has 4 aliphatic heterocycles. The number of hydrogen-bond donors (Lipinski definition) is 2. The Morgan fingerprint density at radius 2 is 1.11 bits per heavy atom. The Morgan fingerprint density at radius 3 is 1.51 bits per heavy atom. The second-order valence-electron chi connectivity index (χ2n) is 17.4. The third-order valence-corrected chi connectivity index (χ3v) is 10.5. The summed E-state index contributed by atoms with van der Waals surface area (Å²) in [5, 5.41) is 5.96. The van der Waals surface area contributed by atoms with Crippen LogP contribution in [-0.4, -0.2) is 112 Å². The first-order valence-electron chi connectivity index (χ1n) is 20.1. The molecule has 4 aliphatic rings. The van der Waals surface area contributed by atoms with E-state index in [1.807, 2.05) is 65.8 Å². The van der Waals surface area contributed by atoms with Crippen molar-refractivity contribution in [2.45, 2.75) is 128 Å². The summed E-state index contributed by atoms with van der Waals surface area (Å²) in [5.74, 6) is 0.0521. The van der Waals surface area contributed by atoms with Gasteiger partial charge in [-0.15, -0.1) is 0 Å². The van der Waals surface area contributed by atoms with Gasteiger partial charge in [0, 0.05) is 61.6 Å². The van der Waals surface area contributed by atoms with E-state index < -0.39 is 35.5 Å². The van der Waals surface area contributed by atoms with Crippen LogP contribution in [0.2, 0.25) is 0 Å². The number of aromatic nitrogens is 1. The maximum absolute atomic E-state index is 13.6. The van der Waals surface area contributed by atoms with Crippen LogP contribution < -0.4 is 10.6 Å². The fourth-order valence-electron chi connectivity index (χ4n) is 8.07. The normalized spacial score (nSPS) is 25.2. The topological polar surface area (TPSA) is 162 Å². The van der Waals surface area contributed by atoms with Crippen molar-refractivity contribution in [1.29, 1.82) is 0 Å². The molecule has 7 rings (SSSR count). The quantitative estimate of drug-likeness (QED) is 0.257. The fraction of sp³-hybridized carbons (Fsp3) is 0.558. The highest BCUT2D eigenvalue weighted by molar-refractivity contribution is 5.99. The van der Waals surface area contributed by atoms with Crippen molar-refractivity contribution in [3.05, 3.63) is 54.7 Å². The highest BCUT2D eigenvalue weighted by Crippen LogP contribution is 2.32. The van der Waals surface area contributed by atoms with E-state index in [-0.39, 0.29) is 35.8 Å². The van der Waals surface area contributed by atoms with E-state index in [9.17, 15) is 19.2 Å². The van der Waals surface area contributed by atoms with Gasteiger partial charge in [0.1, 0.15) is 24.3 Å². The lowest BCUT2D eigenvalue weighted by molar-refractivity contribution is -0.145. The summed E-state index contributed by atoms with van der Waals surface area (Å²) in [6, 6.07) is 13.1. The molecular weight excluding hydrogens is 730 g/mol. The van der Waals surface area contributed by atoms with E-state index in [0.29, 0.717) is 80.6 Å². The summed E-state index contributed by atoms with van der Waals surface area (Å²) in [5.41, 5.74) is 1.81. The Bertz CT molecular complexity index is 1770. The monoisotopic (exact) mass is 785 g/mol. The third-order valence-electron chi connectivity index (χ3n) is 10.5. The second kappa shape index (κ2) is 16.7. The highest BCUT2D eigenvalue weighted by Gasteiger charge is 2.45. The zero-order valence-electron chi connectivity index (χ0n) is 33.7. The number of oxazole rings is 1. The molecule has 0 bridgehead atoms. The Balaban J connectivity index is 0.965. The number of amides is 4. The molecule has 0 radical (unpaired) electrons. The molecule has 3 aromatic rings. The van der Waals surface area contributed by atoms with Crippen molar-refractivity contribution in [3.8, 4) is 22.8 Å². The molecule has 4 fully saturated rings. The number of benzene rings is 2. The lowest BCUT2D eigenvalue weighted by Gasteiger charge is -2.26. The zero-order chi connectivity index (χ0) is 40.5. The molecule has 0 aliphatic carbocycles. The number of hydrogen-bond acceptors (Lipinski definition) is 10. The molecule has 5 heterocycles. The van der Waals surface area contributed by atoms with E-state index in [1.54, 1.807) is 40.3 Å². The molecule has 4 saturated heterocycles. The number of carbonyl (C=O) groups excluding carboxylic acids is 4. The fourth-order valence-corrected chi connectivity index (χ4v) is 8.07. The first-order valence-corrected chi connectivity index (χ1v) is 20.1. The van der Waals surface area contributed by atoms with Crippen LogP contribution in [0.5, 0.6) is 0 Å². The van der Waals surface area contributed by atoms with E-state index in [4.69, 9.17) is 23.4 Å². The first-order chi connectivity index (χ1) is 27.1. The van der Waals surface area contributed by atoms with Gasteiger partial charge in [-0.05, 0) is 116 Å². The summed E-state index contributed by atoms with van der Waals surface area (Å²) in [7, 11) is 0. The van der Waals surface area contributed by atoms with Gasteiger partial charge in [0.15, 0.2) is 5.76 Å². The number of anilines is 2. The Hall–Kier alpha value is -4.63. The maximum atomic E-state index is 13.6. The molecule has 1 aromatic heterocycles. The molecule has 2 aromatic carbocycles. The third kappa shape index (κ3) is 9.92. The molecule has 4 amide bonds. The van der Waals surface area contributed by atoms with E-state index >= 15 is 0 Å². The number of likely N-dealkylation sites (tertiary alicyclic amines) is 2. The van der Waals surface area contributed by atoms with Crippen LogP contribution >= 0.6 is 0 Å². The molecule has 2 N–H and O–H groups in total. The van der Waals surface area contributed by atoms with E-state index in [1.165, 1.54) is 0 Å². The van der Waals surface area contributed by atoms with E-state index in [0.717, 1.165) is 18.4 Å². The van der Waals surface area contributed by atoms with Gasteiger partial charge >= 0.3 is 0 Å². The van der Waals surface area contributed by atoms with Crippen LogP contribution in [0, 0.1) is 0 Å². The SMILES string of the molecule is CC(C)(C)OC1CC(C(=O)Nc2ccc(-c3cnc(-c4ccc(NC(=O)C5CC(OC(C)(C)C)CN5C(=O)[C@H]5CCCO5)cc4)o3)cc2)N(C(=O)[C@H]2CCCO2)C1. The minimum absolute atomic E-state index is 0.164. The van der Waals surface area contributed by atoms with Crippen LogP contribution in [0.15, 0.2) is 59.1 Å². The van der Waals surface area contributed by atoms with Gasteiger partial charge < -0.3 is 43.8 Å². The maximum Gasteiger partial charge on any atom is 0.252 e. The van der Waals surface area contributed by atoms with Crippen LogP contribution in [0.3, 0.4) is 0 Å². The molecular formula is C43H55N5O9. The minimum atomic E-state index is -0.679. The average Bonchev–Trinajstić information content (AvgIpc) is 4.01. The van der Waals surface area contributed by atoms with Crippen molar-refractivity contribution in [2.24, 2.45) is 0 Å². The zero-order valence-corrected chi connectivity index (χ0v) is 33.7. The van der Waals surface area contributed by atoms with Gasteiger partial charge in [-0.1, -0.05) is 0 Å². The van der Waals surface area contributed by atoms with Crippen LogP contribution in [0.25, 0.3) is 22.8 Å². The molecule has 0 spiro atoms. The lowest BCUT2D eigenvalue weighted by atomic mass is 10.1. The van der Waals surface area contributed by atoms with Crippen molar-refractivity contribution >= 4 is 35.0 Å². The molecule has 14 heteroatoms. The number of rotatable bonds is 10. The predicted molar refractivity (Wildman–Crippen MR) is 212 cm³/mol. The molecule has 6 atom stereocenters. The van der Waals surface area contributed by atoms with Crippen LogP contribution in [0.1, 0.15) is 80.1 Å². The summed E-state index contributed by atoms with van der Waals surface area (Å²) in [6.45, 7) is 13.6. The van der Waals surface area contributed by atoms with E-state index in [2.05, 4.69) is 15.6 Å². The predicted octanol–water partition coefficient (Wildman–Crippen LogP) is 5.81. The molecule has 57 heavy (non-hydrogen) atoms. The Morgan fingerprint density at radius 1 is 0.667 bits per heavy atom. The summed E-state index contributed by atoms with van der Waals surface area (Å²) >= 11 is 0. The minimum Gasteiger partial charge on any atom is -0.436 e. The summed E-state index contributed by atoms with van der Waals surface area (Å²) < 4.78 is 29.8. The Kier molecular flexibility index (Phi) is 11.9. The van der Waals surface area contributed by atoms with Gasteiger partial charge in [-0.3, -0.25) is 19.2 Å². The van der Waals surface area contributed by atoms with Crippen molar-refractivity contribution < 1.29 is 42.5 Å². The highest BCUT2D eigenvalue weighted by atomic mass is 16.5. The smallest absolute Gasteiger partial charge is 0.252 e. The molecule has 14 nitrogen and oxygen atoms in total. The van der Waals surface area contributed by atoms with Crippen molar-refractivity contribution in [3.63, 3.8) is 0 Å². The lowest BCUT2D eigenvalue weighted by Crippen LogP contribution is -2.47. The number of nitrogens with one attached hydrogen (secondary N) is 2. The van der Waals surface area contributed by atoms with Crippen LogP contribution in [-0.2, 0) is 38.1 Å². The van der Waals surface area contributed by atoms with Gasteiger partial charge in [-0.2, -0.15) is 0 Å². The molecule has 0 saturated carbocycles. The van der Waals surface area contributed by atoms with Gasteiger partial charge in [0.25, 0.3) is 11.8 Å².